The maximum Gasteiger partial charge on any atom is 0.163 e. The van der Waals surface area contributed by atoms with Crippen molar-refractivity contribution in [1.29, 1.82) is 0 Å². The molecule has 178 valence electrons. The van der Waals surface area contributed by atoms with Crippen molar-refractivity contribution in [3.8, 4) is 0 Å². The lowest BCUT2D eigenvalue weighted by Crippen LogP contribution is -2.56. The van der Waals surface area contributed by atoms with Crippen LogP contribution in [0.15, 0.2) is 54.7 Å². The van der Waals surface area contributed by atoms with Crippen molar-refractivity contribution in [3.05, 3.63) is 83.1 Å². The molecule has 0 amide bonds. The van der Waals surface area contributed by atoms with Crippen LogP contribution in [0.2, 0.25) is 0 Å². The summed E-state index contributed by atoms with van der Waals surface area (Å²) in [5.74, 6) is -0.722. The van der Waals surface area contributed by atoms with Gasteiger partial charge in [-0.15, -0.1) is 0 Å². The Bertz CT molecular complexity index is 1370. The molecule has 0 aliphatic carbocycles. The minimum absolute atomic E-state index is 0.311. The van der Waals surface area contributed by atoms with E-state index in [9.17, 15) is 29.2 Å². The lowest BCUT2D eigenvalue weighted by atomic mass is 9.98. The average Bonchev–Trinajstić information content (AvgIpc) is 3.16. The van der Waals surface area contributed by atoms with Crippen LogP contribution in [0.3, 0.4) is 0 Å². The number of hydrogen-bond acceptors (Lipinski definition) is 5. The standard InChI is InChI=1S/C26H25F2NO5/c1-13-6-19(28)10-20-17(8-14-2-3-16-9-18(27)5-4-15(16)7-14)11-29(22(13)20)26-25(33)24(32)23(31)21(12-30)34-26/h2-7,9-11,21,23-26,30-33H,8,12H2,1H3/t21-,23-,24+,25-,26-/m1/s1. The first kappa shape index (κ1) is 22.9. The van der Waals surface area contributed by atoms with E-state index in [1.807, 2.05) is 18.2 Å². The highest BCUT2D eigenvalue weighted by Gasteiger charge is 2.44. The maximum atomic E-state index is 14.4. The van der Waals surface area contributed by atoms with Gasteiger partial charge in [0.05, 0.1) is 12.1 Å². The Labute approximate surface area is 194 Å². The summed E-state index contributed by atoms with van der Waals surface area (Å²) in [5, 5.41) is 43.0. The van der Waals surface area contributed by atoms with Crippen LogP contribution in [0, 0.1) is 18.6 Å². The largest absolute Gasteiger partial charge is 0.394 e. The second kappa shape index (κ2) is 8.72. The molecule has 0 bridgehead atoms. The van der Waals surface area contributed by atoms with Crippen LogP contribution >= 0.6 is 0 Å². The molecule has 34 heavy (non-hydrogen) atoms. The quantitative estimate of drug-likeness (QED) is 0.369. The van der Waals surface area contributed by atoms with Crippen LogP contribution in [-0.4, -0.2) is 56.0 Å². The summed E-state index contributed by atoms with van der Waals surface area (Å²) in [6.07, 6.45) is -4.48. The molecule has 1 aliphatic rings. The van der Waals surface area contributed by atoms with Gasteiger partial charge in [0, 0.05) is 11.6 Å². The van der Waals surface area contributed by atoms with Crippen molar-refractivity contribution in [1.82, 2.24) is 4.57 Å². The molecule has 3 aromatic carbocycles. The Morgan fingerprint density at radius 1 is 0.882 bits per heavy atom. The molecule has 0 saturated carbocycles. The van der Waals surface area contributed by atoms with Crippen LogP contribution in [0.1, 0.15) is 22.9 Å². The van der Waals surface area contributed by atoms with Crippen molar-refractivity contribution in [2.75, 3.05) is 6.61 Å². The highest BCUT2D eigenvalue weighted by atomic mass is 19.1. The number of aliphatic hydroxyl groups is 4. The van der Waals surface area contributed by atoms with Gasteiger partial charge >= 0.3 is 0 Å². The Kier molecular flexibility index (Phi) is 5.87. The Balaban J connectivity index is 1.60. The molecule has 4 N–H and O–H groups in total. The predicted octanol–water partition coefficient (Wildman–Crippen LogP) is 2.94. The van der Waals surface area contributed by atoms with E-state index >= 15 is 0 Å². The fourth-order valence-electron chi connectivity index (χ4n) is 4.87. The summed E-state index contributed by atoms with van der Waals surface area (Å²) in [5.41, 5.74) is 2.90. The SMILES string of the molecule is Cc1cc(F)cc2c(Cc3ccc4cc(F)ccc4c3)cn([C@@H]3O[C@H](CO)[C@@H](O)[C@H](O)[C@H]3O)c12. The van der Waals surface area contributed by atoms with Gasteiger partial charge in [-0.1, -0.05) is 24.3 Å². The van der Waals surface area contributed by atoms with Crippen LogP contribution in [0.5, 0.6) is 0 Å². The zero-order valence-electron chi connectivity index (χ0n) is 18.4. The van der Waals surface area contributed by atoms with E-state index in [1.54, 1.807) is 23.8 Å². The molecule has 0 unspecified atom stereocenters. The molecule has 1 aromatic heterocycles. The molecule has 2 heterocycles. The van der Waals surface area contributed by atoms with E-state index in [1.165, 1.54) is 24.3 Å². The third-order valence-corrected chi connectivity index (χ3v) is 6.57. The van der Waals surface area contributed by atoms with Crippen LogP contribution in [0.4, 0.5) is 8.78 Å². The summed E-state index contributed by atoms with van der Waals surface area (Å²) < 4.78 is 35.3. The average molecular weight is 469 g/mol. The summed E-state index contributed by atoms with van der Waals surface area (Å²) in [6.45, 7) is 1.19. The summed E-state index contributed by atoms with van der Waals surface area (Å²) in [4.78, 5) is 0. The second-order valence-electron chi connectivity index (χ2n) is 8.90. The van der Waals surface area contributed by atoms with E-state index < -0.39 is 43.1 Å². The monoisotopic (exact) mass is 469 g/mol. The first-order valence-electron chi connectivity index (χ1n) is 11.0. The van der Waals surface area contributed by atoms with Crippen LogP contribution in [0.25, 0.3) is 21.7 Å². The zero-order valence-corrected chi connectivity index (χ0v) is 18.4. The highest BCUT2D eigenvalue weighted by Crippen LogP contribution is 2.36. The Morgan fingerprint density at radius 2 is 1.62 bits per heavy atom. The Morgan fingerprint density at radius 3 is 2.38 bits per heavy atom. The number of benzene rings is 3. The van der Waals surface area contributed by atoms with Gasteiger partial charge in [0.2, 0.25) is 0 Å². The smallest absolute Gasteiger partial charge is 0.163 e. The van der Waals surface area contributed by atoms with E-state index in [0.717, 1.165) is 21.9 Å². The number of aromatic nitrogens is 1. The minimum Gasteiger partial charge on any atom is -0.394 e. The molecule has 0 spiro atoms. The van der Waals surface area contributed by atoms with Gasteiger partial charge < -0.3 is 29.7 Å². The summed E-state index contributed by atoms with van der Waals surface area (Å²) in [7, 11) is 0. The van der Waals surface area contributed by atoms with E-state index in [-0.39, 0.29) is 5.82 Å². The fourth-order valence-corrected chi connectivity index (χ4v) is 4.87. The van der Waals surface area contributed by atoms with Gasteiger partial charge in [-0.25, -0.2) is 8.78 Å². The number of fused-ring (bicyclic) bond motifs is 2. The van der Waals surface area contributed by atoms with E-state index in [4.69, 9.17) is 4.74 Å². The van der Waals surface area contributed by atoms with Gasteiger partial charge in [-0.2, -0.15) is 0 Å². The molecular formula is C26H25F2NO5. The van der Waals surface area contributed by atoms with Gasteiger partial charge in [0.15, 0.2) is 6.23 Å². The van der Waals surface area contributed by atoms with Crippen molar-refractivity contribution in [3.63, 3.8) is 0 Å². The predicted molar refractivity (Wildman–Crippen MR) is 122 cm³/mol. The first-order valence-corrected chi connectivity index (χ1v) is 11.0. The number of hydrogen-bond donors (Lipinski definition) is 4. The normalized spacial score (nSPS) is 25.3. The molecular weight excluding hydrogens is 444 g/mol. The molecule has 4 aromatic rings. The van der Waals surface area contributed by atoms with Gasteiger partial charge in [-0.05, 0) is 65.1 Å². The third-order valence-electron chi connectivity index (χ3n) is 6.57. The fraction of sp³-hybridized carbons (Fsp3) is 0.308. The number of nitrogens with zero attached hydrogens (tertiary/aromatic N) is 1. The molecule has 1 fully saturated rings. The van der Waals surface area contributed by atoms with E-state index in [2.05, 4.69) is 0 Å². The van der Waals surface area contributed by atoms with E-state index in [0.29, 0.717) is 22.9 Å². The van der Waals surface area contributed by atoms with Gasteiger partial charge in [0.25, 0.3) is 0 Å². The lowest BCUT2D eigenvalue weighted by molar-refractivity contribution is -0.250. The molecule has 8 heteroatoms. The zero-order chi connectivity index (χ0) is 24.1. The summed E-state index contributed by atoms with van der Waals surface area (Å²) in [6, 6.07) is 13.0. The minimum atomic E-state index is -1.53. The molecule has 0 radical (unpaired) electrons. The van der Waals surface area contributed by atoms with Crippen molar-refractivity contribution in [2.24, 2.45) is 0 Å². The van der Waals surface area contributed by atoms with Gasteiger partial charge in [-0.3, -0.25) is 0 Å². The molecule has 1 saturated heterocycles. The molecule has 6 nitrogen and oxygen atoms in total. The Hall–Kier alpha value is -2.88. The molecule has 1 aliphatic heterocycles. The number of halogens is 2. The number of aliphatic hydroxyl groups excluding tert-OH is 4. The number of rotatable bonds is 4. The number of ether oxygens (including phenoxy) is 1. The van der Waals surface area contributed by atoms with Crippen LogP contribution < -0.4 is 0 Å². The second-order valence-corrected chi connectivity index (χ2v) is 8.90. The maximum absolute atomic E-state index is 14.4. The lowest BCUT2D eigenvalue weighted by Gasteiger charge is -2.40. The van der Waals surface area contributed by atoms with Crippen LogP contribution in [-0.2, 0) is 11.2 Å². The number of aryl methyl sites for hydroxylation is 1. The summed E-state index contributed by atoms with van der Waals surface area (Å²) >= 11 is 0. The molecule has 5 rings (SSSR count). The topological polar surface area (TPSA) is 95.1 Å². The molecule has 5 atom stereocenters. The van der Waals surface area contributed by atoms with Gasteiger partial charge in [0.1, 0.15) is 36.1 Å². The van der Waals surface area contributed by atoms with Crippen molar-refractivity contribution in [2.45, 2.75) is 44.0 Å². The highest BCUT2D eigenvalue weighted by molar-refractivity contribution is 5.88. The first-order chi connectivity index (χ1) is 16.3. The van der Waals surface area contributed by atoms with Crippen molar-refractivity contribution < 1.29 is 33.9 Å². The third kappa shape index (κ3) is 3.87. The van der Waals surface area contributed by atoms with Crippen molar-refractivity contribution >= 4 is 21.7 Å².